The molecule has 0 bridgehead atoms. The van der Waals surface area contributed by atoms with E-state index >= 15 is 0 Å². The van der Waals surface area contributed by atoms with Crippen molar-refractivity contribution >= 4 is 12.0 Å². The molecule has 7 nitrogen and oxygen atoms in total. The van der Waals surface area contributed by atoms with Crippen molar-refractivity contribution in [2.45, 2.75) is 45.4 Å². The topological polar surface area (TPSA) is 77.1 Å². The van der Waals surface area contributed by atoms with Gasteiger partial charge in [0.25, 0.3) is 0 Å². The van der Waals surface area contributed by atoms with Gasteiger partial charge in [-0.15, -0.1) is 0 Å². The highest BCUT2D eigenvalue weighted by atomic mass is 16.7. The van der Waals surface area contributed by atoms with Crippen LogP contribution in [0.25, 0.3) is 0 Å². The molecule has 172 valence electrons. The Labute approximate surface area is 189 Å². The van der Waals surface area contributed by atoms with Crippen LogP contribution in [-0.4, -0.2) is 49.5 Å². The van der Waals surface area contributed by atoms with E-state index < -0.39 is 24.3 Å². The van der Waals surface area contributed by atoms with Gasteiger partial charge in [0.05, 0.1) is 12.0 Å². The number of carbonyl (C=O) groups is 2. The number of nitrogens with one attached hydrogen (secondary N) is 1. The SMILES string of the molecule is COC(OC)[C@@H]1[C@@H]([C@@H](NC(=O)OCc2ccccc2)C(C)C)C(=O)N1Cc1ccccc1. The van der Waals surface area contributed by atoms with Gasteiger partial charge in [0.2, 0.25) is 5.91 Å². The van der Waals surface area contributed by atoms with Crippen LogP contribution in [0.2, 0.25) is 0 Å². The van der Waals surface area contributed by atoms with Gasteiger partial charge >= 0.3 is 6.09 Å². The minimum Gasteiger partial charge on any atom is -0.445 e. The number of benzene rings is 2. The van der Waals surface area contributed by atoms with Crippen LogP contribution in [-0.2, 0) is 32.2 Å². The highest BCUT2D eigenvalue weighted by Crippen LogP contribution is 2.37. The number of alkyl carbamates (subject to hydrolysis) is 1. The van der Waals surface area contributed by atoms with Crippen LogP contribution in [0.15, 0.2) is 60.7 Å². The molecule has 2 aromatic rings. The van der Waals surface area contributed by atoms with Crippen molar-refractivity contribution in [1.29, 1.82) is 0 Å². The van der Waals surface area contributed by atoms with Crippen molar-refractivity contribution in [3.8, 4) is 0 Å². The minimum absolute atomic E-state index is 0.00367. The molecule has 1 saturated heterocycles. The molecule has 32 heavy (non-hydrogen) atoms. The third kappa shape index (κ3) is 5.47. The lowest BCUT2D eigenvalue weighted by Crippen LogP contribution is -2.71. The molecule has 2 aromatic carbocycles. The molecule has 1 aliphatic heterocycles. The Morgan fingerprint density at radius 3 is 2.06 bits per heavy atom. The van der Waals surface area contributed by atoms with Crippen LogP contribution < -0.4 is 5.32 Å². The molecule has 0 aromatic heterocycles. The quantitative estimate of drug-likeness (QED) is 0.451. The summed E-state index contributed by atoms with van der Waals surface area (Å²) in [5, 5.41) is 2.92. The van der Waals surface area contributed by atoms with Crippen molar-refractivity contribution in [3.05, 3.63) is 71.8 Å². The highest BCUT2D eigenvalue weighted by molar-refractivity contribution is 5.87. The van der Waals surface area contributed by atoms with Crippen LogP contribution in [0.5, 0.6) is 0 Å². The number of ether oxygens (including phenoxy) is 3. The molecule has 0 unspecified atom stereocenters. The zero-order valence-corrected chi connectivity index (χ0v) is 19.1. The lowest BCUT2D eigenvalue weighted by molar-refractivity contribution is -0.208. The maximum Gasteiger partial charge on any atom is 0.407 e. The van der Waals surface area contributed by atoms with E-state index in [1.54, 1.807) is 19.1 Å². The number of rotatable bonds is 10. The van der Waals surface area contributed by atoms with E-state index in [1.807, 2.05) is 74.5 Å². The summed E-state index contributed by atoms with van der Waals surface area (Å²) < 4.78 is 16.5. The second-order valence-electron chi connectivity index (χ2n) is 8.28. The number of nitrogens with zero attached hydrogens (tertiary/aromatic N) is 1. The van der Waals surface area contributed by atoms with Crippen molar-refractivity contribution in [1.82, 2.24) is 10.2 Å². The Bertz CT molecular complexity index is 870. The average Bonchev–Trinajstić information content (AvgIpc) is 2.81. The molecule has 1 heterocycles. The lowest BCUT2D eigenvalue weighted by Gasteiger charge is -2.52. The molecule has 2 amide bonds. The maximum atomic E-state index is 13.2. The Morgan fingerprint density at radius 1 is 0.969 bits per heavy atom. The minimum atomic E-state index is -0.607. The van der Waals surface area contributed by atoms with Gasteiger partial charge in [-0.1, -0.05) is 74.5 Å². The fourth-order valence-electron chi connectivity index (χ4n) is 4.19. The summed E-state index contributed by atoms with van der Waals surface area (Å²) in [7, 11) is 3.11. The van der Waals surface area contributed by atoms with Crippen molar-refractivity contribution < 1.29 is 23.8 Å². The molecular formula is C25H32N2O5. The average molecular weight is 441 g/mol. The molecule has 3 rings (SSSR count). The van der Waals surface area contributed by atoms with Gasteiger partial charge in [-0.25, -0.2) is 4.79 Å². The summed E-state index contributed by atoms with van der Waals surface area (Å²) in [5.74, 6) is -0.517. The fraction of sp³-hybridized carbons (Fsp3) is 0.440. The third-order valence-corrected chi connectivity index (χ3v) is 5.84. The number of methoxy groups -OCH3 is 2. The van der Waals surface area contributed by atoms with Crippen LogP contribution in [0.4, 0.5) is 4.79 Å². The highest BCUT2D eigenvalue weighted by Gasteiger charge is 2.55. The fourth-order valence-corrected chi connectivity index (χ4v) is 4.19. The summed E-state index contributed by atoms with van der Waals surface area (Å²) in [6.45, 7) is 4.56. The Kier molecular flexibility index (Phi) is 8.25. The smallest absolute Gasteiger partial charge is 0.407 e. The molecule has 1 fully saturated rings. The number of hydrogen-bond donors (Lipinski definition) is 1. The van der Waals surface area contributed by atoms with E-state index in [0.29, 0.717) is 6.54 Å². The molecule has 0 saturated carbocycles. The predicted molar refractivity (Wildman–Crippen MR) is 120 cm³/mol. The largest absolute Gasteiger partial charge is 0.445 e. The predicted octanol–water partition coefficient (Wildman–Crippen LogP) is 3.58. The zero-order chi connectivity index (χ0) is 23.1. The van der Waals surface area contributed by atoms with E-state index in [9.17, 15) is 9.59 Å². The Hall–Kier alpha value is -2.90. The molecule has 3 atom stereocenters. The summed E-state index contributed by atoms with van der Waals surface area (Å²) in [6.07, 6.45) is -1.16. The van der Waals surface area contributed by atoms with Gasteiger partial charge < -0.3 is 24.4 Å². The van der Waals surface area contributed by atoms with E-state index in [1.165, 1.54) is 0 Å². The zero-order valence-electron chi connectivity index (χ0n) is 19.1. The molecular weight excluding hydrogens is 408 g/mol. The second kappa shape index (κ2) is 11.1. The number of carbonyl (C=O) groups excluding carboxylic acids is 2. The van der Waals surface area contributed by atoms with Gasteiger partial charge in [0.1, 0.15) is 6.61 Å². The van der Waals surface area contributed by atoms with Crippen LogP contribution in [0.3, 0.4) is 0 Å². The first kappa shape index (κ1) is 23.8. The second-order valence-corrected chi connectivity index (χ2v) is 8.28. The third-order valence-electron chi connectivity index (χ3n) is 5.84. The van der Waals surface area contributed by atoms with Gasteiger partial charge in [-0.05, 0) is 17.0 Å². The monoisotopic (exact) mass is 440 g/mol. The number of β-lactam (4-membered cyclic amide) rings is 1. The molecule has 0 aliphatic carbocycles. The summed E-state index contributed by atoms with van der Waals surface area (Å²) in [4.78, 5) is 27.5. The molecule has 1 N–H and O–H groups in total. The molecule has 0 spiro atoms. The van der Waals surface area contributed by atoms with Gasteiger partial charge in [0.15, 0.2) is 6.29 Å². The van der Waals surface area contributed by atoms with Gasteiger partial charge in [0, 0.05) is 26.8 Å². The first-order chi connectivity index (χ1) is 15.5. The summed E-state index contributed by atoms with van der Waals surface area (Å²) in [6, 6.07) is 18.5. The maximum absolute atomic E-state index is 13.2. The Morgan fingerprint density at radius 2 is 1.53 bits per heavy atom. The summed E-state index contributed by atoms with van der Waals surface area (Å²) in [5.41, 5.74) is 1.92. The van der Waals surface area contributed by atoms with Crippen molar-refractivity contribution in [2.24, 2.45) is 11.8 Å². The summed E-state index contributed by atoms with van der Waals surface area (Å²) >= 11 is 0. The van der Waals surface area contributed by atoms with E-state index in [4.69, 9.17) is 14.2 Å². The van der Waals surface area contributed by atoms with E-state index in [-0.39, 0.29) is 24.5 Å². The number of likely N-dealkylation sites (tertiary alicyclic amines) is 1. The van der Waals surface area contributed by atoms with Crippen LogP contribution in [0, 0.1) is 11.8 Å². The van der Waals surface area contributed by atoms with E-state index in [0.717, 1.165) is 11.1 Å². The molecule has 7 heteroatoms. The number of amides is 2. The van der Waals surface area contributed by atoms with Crippen molar-refractivity contribution in [2.75, 3.05) is 14.2 Å². The number of hydrogen-bond acceptors (Lipinski definition) is 5. The lowest BCUT2D eigenvalue weighted by atomic mass is 9.76. The first-order valence-corrected chi connectivity index (χ1v) is 10.8. The van der Waals surface area contributed by atoms with Crippen molar-refractivity contribution in [3.63, 3.8) is 0 Å². The normalized spacial score (nSPS) is 19.1. The van der Waals surface area contributed by atoms with Crippen LogP contribution in [0.1, 0.15) is 25.0 Å². The van der Waals surface area contributed by atoms with Crippen LogP contribution >= 0.6 is 0 Å². The molecule has 0 radical (unpaired) electrons. The molecule has 1 aliphatic rings. The Balaban J connectivity index is 1.73. The van der Waals surface area contributed by atoms with E-state index in [2.05, 4.69) is 5.32 Å². The van der Waals surface area contributed by atoms with Gasteiger partial charge in [-0.2, -0.15) is 0 Å². The van der Waals surface area contributed by atoms with Gasteiger partial charge in [-0.3, -0.25) is 4.79 Å². The first-order valence-electron chi connectivity index (χ1n) is 10.8. The standard InChI is InChI=1S/C25H32N2O5/c1-17(2)21(26-25(29)32-16-19-13-9-6-10-14-19)20-22(24(30-3)31-4)27(23(20)28)15-18-11-7-5-8-12-18/h5-14,17,20-22,24H,15-16H2,1-4H3,(H,26,29)/t20-,21+,22+/m1/s1.